The van der Waals surface area contributed by atoms with Crippen molar-refractivity contribution in [3.63, 3.8) is 0 Å². The second kappa shape index (κ2) is 15.3. The molecule has 0 heterocycles. The first kappa shape index (κ1) is 28.4. The molecule has 2 amide bonds. The highest BCUT2D eigenvalue weighted by molar-refractivity contribution is 5.85. The van der Waals surface area contributed by atoms with Crippen LogP contribution in [-0.2, 0) is 19.1 Å². The Balaban J connectivity index is 2.55. The molecule has 1 rings (SSSR count). The molecule has 6 heteroatoms. The van der Waals surface area contributed by atoms with Crippen molar-refractivity contribution in [1.82, 2.24) is 10.6 Å². The number of amides is 2. The van der Waals surface area contributed by atoms with E-state index in [-0.39, 0.29) is 30.2 Å². The lowest BCUT2D eigenvalue weighted by molar-refractivity contribution is -0.146. The molecule has 1 saturated carbocycles. The summed E-state index contributed by atoms with van der Waals surface area (Å²) in [5, 5.41) is 6.05. The molecule has 1 atom stereocenters. The van der Waals surface area contributed by atoms with Gasteiger partial charge in [0, 0.05) is 18.9 Å². The van der Waals surface area contributed by atoms with Crippen molar-refractivity contribution in [1.29, 1.82) is 0 Å². The van der Waals surface area contributed by atoms with E-state index in [0.29, 0.717) is 12.8 Å². The van der Waals surface area contributed by atoms with Crippen LogP contribution in [0.15, 0.2) is 0 Å². The average Bonchev–Trinajstić information content (AvgIpc) is 2.67. The first-order valence-electron chi connectivity index (χ1n) is 12.8. The third kappa shape index (κ3) is 13.1. The molecule has 0 spiro atoms. The smallest absolute Gasteiger partial charge is 0.328 e. The van der Waals surface area contributed by atoms with Gasteiger partial charge in [-0.25, -0.2) is 4.79 Å². The molecule has 6 nitrogen and oxygen atoms in total. The molecular weight excluding hydrogens is 404 g/mol. The van der Waals surface area contributed by atoms with E-state index in [0.717, 1.165) is 12.8 Å². The van der Waals surface area contributed by atoms with E-state index in [9.17, 15) is 14.4 Å². The highest BCUT2D eigenvalue weighted by Gasteiger charge is 2.29. The molecule has 1 unspecified atom stereocenters. The standard InChI is InChI=1S/C26H48N2O4/c1-20(2)17-22(25(31)32-5)28-24(30)19-26(3,4)18-23(29)27-21-15-13-11-9-7-6-8-10-12-14-16-21/h20-22H,6-19H2,1-5H3,(H,27,29)(H,28,30). The first-order chi connectivity index (χ1) is 15.1. The monoisotopic (exact) mass is 452 g/mol. The summed E-state index contributed by atoms with van der Waals surface area (Å²) in [7, 11) is 1.33. The quantitative estimate of drug-likeness (QED) is 0.466. The van der Waals surface area contributed by atoms with Crippen molar-refractivity contribution in [2.24, 2.45) is 11.3 Å². The summed E-state index contributed by atoms with van der Waals surface area (Å²) in [5.41, 5.74) is -0.488. The SMILES string of the molecule is COC(=O)C(CC(C)C)NC(=O)CC(C)(C)CC(=O)NC1CCCCCCCCCCC1. The summed E-state index contributed by atoms with van der Waals surface area (Å²) < 4.78 is 4.83. The number of carbonyl (C=O) groups is 3. The minimum atomic E-state index is -0.645. The molecule has 0 saturated heterocycles. The number of rotatable bonds is 9. The number of hydrogen-bond donors (Lipinski definition) is 2. The molecule has 0 bridgehead atoms. The molecule has 1 aliphatic rings. The van der Waals surface area contributed by atoms with Gasteiger partial charge in [0.1, 0.15) is 6.04 Å². The molecule has 1 aliphatic carbocycles. The summed E-state index contributed by atoms with van der Waals surface area (Å²) in [6.45, 7) is 7.86. The second-order valence-electron chi connectivity index (χ2n) is 10.8. The first-order valence-corrected chi connectivity index (χ1v) is 12.8. The third-order valence-corrected chi connectivity index (χ3v) is 6.28. The van der Waals surface area contributed by atoms with Gasteiger partial charge in [0.15, 0.2) is 0 Å². The van der Waals surface area contributed by atoms with E-state index in [1.807, 2.05) is 27.7 Å². The fourth-order valence-electron chi connectivity index (χ4n) is 4.59. The van der Waals surface area contributed by atoms with Crippen LogP contribution in [-0.4, -0.2) is 37.0 Å². The normalized spacial score (nSPS) is 18.2. The van der Waals surface area contributed by atoms with Crippen molar-refractivity contribution >= 4 is 17.8 Å². The molecule has 0 radical (unpaired) electrons. The van der Waals surface area contributed by atoms with Crippen LogP contribution in [0.3, 0.4) is 0 Å². The van der Waals surface area contributed by atoms with Gasteiger partial charge in [0.2, 0.25) is 11.8 Å². The van der Waals surface area contributed by atoms with Gasteiger partial charge < -0.3 is 15.4 Å². The van der Waals surface area contributed by atoms with E-state index < -0.39 is 17.4 Å². The number of methoxy groups -OCH3 is 1. The highest BCUT2D eigenvalue weighted by atomic mass is 16.5. The Morgan fingerprint density at radius 1 is 0.844 bits per heavy atom. The summed E-state index contributed by atoms with van der Waals surface area (Å²) in [6.07, 6.45) is 14.6. The molecule has 0 aromatic heterocycles. The predicted octanol–water partition coefficient (Wildman–Crippen LogP) is 5.29. The van der Waals surface area contributed by atoms with Gasteiger partial charge in [-0.2, -0.15) is 0 Å². The zero-order valence-corrected chi connectivity index (χ0v) is 21.3. The van der Waals surface area contributed by atoms with Crippen LogP contribution in [0.5, 0.6) is 0 Å². The molecule has 0 aromatic carbocycles. The zero-order valence-electron chi connectivity index (χ0n) is 21.3. The van der Waals surface area contributed by atoms with E-state index >= 15 is 0 Å². The Bertz CT molecular complexity index is 562. The molecule has 0 aromatic rings. The van der Waals surface area contributed by atoms with Crippen LogP contribution < -0.4 is 10.6 Å². The van der Waals surface area contributed by atoms with Crippen molar-refractivity contribution in [2.75, 3.05) is 7.11 Å². The number of hydrogen-bond acceptors (Lipinski definition) is 4. The van der Waals surface area contributed by atoms with E-state index in [1.54, 1.807) is 0 Å². The van der Waals surface area contributed by atoms with Crippen LogP contribution >= 0.6 is 0 Å². The fraction of sp³-hybridized carbons (Fsp3) is 0.885. The van der Waals surface area contributed by atoms with Gasteiger partial charge in [-0.3, -0.25) is 9.59 Å². The zero-order chi connectivity index (χ0) is 24.0. The number of carbonyl (C=O) groups excluding carboxylic acids is 3. The van der Waals surface area contributed by atoms with Gasteiger partial charge in [0.25, 0.3) is 0 Å². The van der Waals surface area contributed by atoms with Gasteiger partial charge >= 0.3 is 5.97 Å². The third-order valence-electron chi connectivity index (χ3n) is 6.28. The Labute approximate surface area is 196 Å². The number of ether oxygens (including phenoxy) is 1. The molecule has 186 valence electrons. The summed E-state index contributed by atoms with van der Waals surface area (Å²) in [6, 6.07) is -0.408. The van der Waals surface area contributed by atoms with Gasteiger partial charge in [0.05, 0.1) is 7.11 Å². The largest absolute Gasteiger partial charge is 0.467 e. The minimum Gasteiger partial charge on any atom is -0.467 e. The Morgan fingerprint density at radius 2 is 1.31 bits per heavy atom. The van der Waals surface area contributed by atoms with Crippen LogP contribution in [0, 0.1) is 11.3 Å². The Hall–Kier alpha value is -1.59. The van der Waals surface area contributed by atoms with Crippen molar-refractivity contribution in [2.45, 2.75) is 130 Å². The minimum absolute atomic E-state index is 0.0200. The lowest BCUT2D eigenvalue weighted by atomic mass is 9.84. The molecule has 32 heavy (non-hydrogen) atoms. The summed E-state index contributed by atoms with van der Waals surface area (Å²) >= 11 is 0. The maximum atomic E-state index is 12.8. The van der Waals surface area contributed by atoms with E-state index in [4.69, 9.17) is 4.74 Å². The number of nitrogens with one attached hydrogen (secondary N) is 2. The summed E-state index contributed by atoms with van der Waals surface area (Å²) in [5.74, 6) is -0.370. The van der Waals surface area contributed by atoms with Crippen LogP contribution in [0.1, 0.15) is 118 Å². The van der Waals surface area contributed by atoms with E-state index in [2.05, 4.69) is 10.6 Å². The average molecular weight is 453 g/mol. The van der Waals surface area contributed by atoms with Gasteiger partial charge in [-0.15, -0.1) is 0 Å². The van der Waals surface area contributed by atoms with Crippen LogP contribution in [0.25, 0.3) is 0 Å². The van der Waals surface area contributed by atoms with Crippen LogP contribution in [0.4, 0.5) is 0 Å². The van der Waals surface area contributed by atoms with Gasteiger partial charge in [-0.1, -0.05) is 85.5 Å². The molecule has 2 N–H and O–H groups in total. The summed E-state index contributed by atoms with van der Waals surface area (Å²) in [4.78, 5) is 37.4. The lowest BCUT2D eigenvalue weighted by Crippen LogP contribution is -2.44. The fourth-order valence-corrected chi connectivity index (χ4v) is 4.59. The maximum Gasteiger partial charge on any atom is 0.328 e. The van der Waals surface area contributed by atoms with Crippen molar-refractivity contribution in [3.05, 3.63) is 0 Å². The Morgan fingerprint density at radius 3 is 1.78 bits per heavy atom. The maximum absolute atomic E-state index is 12.8. The predicted molar refractivity (Wildman–Crippen MR) is 129 cm³/mol. The highest BCUT2D eigenvalue weighted by Crippen LogP contribution is 2.26. The lowest BCUT2D eigenvalue weighted by Gasteiger charge is -2.27. The van der Waals surface area contributed by atoms with Gasteiger partial charge in [-0.05, 0) is 30.6 Å². The Kier molecular flexibility index (Phi) is 13.6. The topological polar surface area (TPSA) is 84.5 Å². The molecule has 1 fully saturated rings. The molecule has 0 aliphatic heterocycles. The second-order valence-corrected chi connectivity index (χ2v) is 10.8. The molecular formula is C26H48N2O4. The van der Waals surface area contributed by atoms with Crippen LogP contribution in [0.2, 0.25) is 0 Å². The van der Waals surface area contributed by atoms with Crippen molar-refractivity contribution < 1.29 is 19.1 Å². The number of esters is 1. The van der Waals surface area contributed by atoms with Crippen molar-refractivity contribution in [3.8, 4) is 0 Å². The van der Waals surface area contributed by atoms with E-state index in [1.165, 1.54) is 64.9 Å².